The van der Waals surface area contributed by atoms with E-state index in [1.54, 1.807) is 12.1 Å². The first-order chi connectivity index (χ1) is 14.1. The van der Waals surface area contributed by atoms with Crippen molar-refractivity contribution < 1.29 is 9.18 Å². The Hall–Kier alpha value is -2.15. The molecule has 1 aromatic carbocycles. The molecule has 1 unspecified atom stereocenters. The fourth-order valence-electron chi connectivity index (χ4n) is 4.23. The van der Waals surface area contributed by atoms with Gasteiger partial charge in [0.05, 0.1) is 0 Å². The first-order valence-electron chi connectivity index (χ1n) is 10.4. The van der Waals surface area contributed by atoms with Crippen LogP contribution < -0.4 is 5.56 Å². The molecule has 1 amide bonds. The van der Waals surface area contributed by atoms with Crippen molar-refractivity contribution in [3.63, 3.8) is 0 Å². The summed E-state index contributed by atoms with van der Waals surface area (Å²) in [6, 6.07) is 6.08. The van der Waals surface area contributed by atoms with Crippen molar-refractivity contribution in [3.8, 4) is 0 Å². The van der Waals surface area contributed by atoms with Gasteiger partial charge in [0.15, 0.2) is 5.16 Å². The fraction of sp³-hybridized carbons (Fsp3) is 0.500. The highest BCUT2D eigenvalue weighted by molar-refractivity contribution is 7.98. The van der Waals surface area contributed by atoms with E-state index in [0.29, 0.717) is 10.9 Å². The molecule has 1 atom stereocenters. The van der Waals surface area contributed by atoms with Crippen molar-refractivity contribution in [3.05, 3.63) is 57.3 Å². The van der Waals surface area contributed by atoms with E-state index in [4.69, 9.17) is 0 Å². The number of aromatic nitrogens is 2. The number of amides is 1. The Labute approximate surface area is 174 Å². The van der Waals surface area contributed by atoms with Crippen LogP contribution >= 0.6 is 11.8 Å². The molecular weight excluding hydrogens is 389 g/mol. The van der Waals surface area contributed by atoms with Gasteiger partial charge in [0.1, 0.15) is 11.9 Å². The number of hydrogen-bond acceptors (Lipinski definition) is 4. The molecule has 2 heterocycles. The molecule has 0 spiro atoms. The van der Waals surface area contributed by atoms with Crippen molar-refractivity contribution >= 4 is 17.7 Å². The van der Waals surface area contributed by atoms with Crippen LogP contribution in [0.5, 0.6) is 0 Å². The van der Waals surface area contributed by atoms with E-state index in [1.807, 2.05) is 9.47 Å². The minimum absolute atomic E-state index is 0.140. The number of hydrogen-bond donors (Lipinski definition) is 0. The molecule has 2 aromatic rings. The van der Waals surface area contributed by atoms with Crippen LogP contribution in [0.25, 0.3) is 0 Å². The van der Waals surface area contributed by atoms with Gasteiger partial charge in [-0.3, -0.25) is 9.59 Å². The monoisotopic (exact) mass is 415 g/mol. The predicted molar refractivity (Wildman–Crippen MR) is 112 cm³/mol. The van der Waals surface area contributed by atoms with Gasteiger partial charge >= 0.3 is 0 Å². The van der Waals surface area contributed by atoms with Crippen molar-refractivity contribution in [1.82, 2.24) is 14.5 Å². The summed E-state index contributed by atoms with van der Waals surface area (Å²) in [6.07, 6.45) is 5.30. The molecule has 5 nitrogen and oxygen atoms in total. The normalized spacial score (nSPS) is 18.5. The number of carbonyl (C=O) groups excluding carboxylic acids is 1. The quantitative estimate of drug-likeness (QED) is 0.511. The minimum atomic E-state index is -0.275. The van der Waals surface area contributed by atoms with Gasteiger partial charge in [-0.15, -0.1) is 0 Å². The number of unbranched alkanes of at least 4 members (excludes halogenated alkanes) is 1. The molecule has 154 valence electrons. The van der Waals surface area contributed by atoms with Crippen LogP contribution in [0.3, 0.4) is 0 Å². The molecule has 1 aromatic heterocycles. The third kappa shape index (κ3) is 4.10. The second-order valence-corrected chi connectivity index (χ2v) is 8.69. The Morgan fingerprint density at radius 1 is 1.21 bits per heavy atom. The molecule has 4 rings (SSSR count). The standard InChI is InChI=1S/C22H26FN3O2S/c1-2-3-12-25-13-11-19(21(25)28)26-18-6-4-5-17(18)20(27)24-22(26)29-14-15-7-9-16(23)10-8-15/h7-10,19H,2-6,11-14H2,1H3. The number of rotatable bonds is 7. The molecular formula is C22H26FN3O2S. The summed E-state index contributed by atoms with van der Waals surface area (Å²) in [6.45, 7) is 3.67. The van der Waals surface area contributed by atoms with E-state index in [-0.39, 0.29) is 23.3 Å². The zero-order valence-corrected chi connectivity index (χ0v) is 17.5. The van der Waals surface area contributed by atoms with E-state index in [0.717, 1.165) is 68.4 Å². The summed E-state index contributed by atoms with van der Waals surface area (Å²) in [5, 5.41) is 0.607. The third-order valence-corrected chi connectivity index (χ3v) is 6.81. The molecule has 0 bridgehead atoms. The molecule has 1 aliphatic carbocycles. The lowest BCUT2D eigenvalue weighted by Gasteiger charge is -2.22. The molecule has 1 fully saturated rings. The molecule has 1 saturated heterocycles. The topological polar surface area (TPSA) is 55.2 Å². The van der Waals surface area contributed by atoms with Crippen LogP contribution in [0.1, 0.15) is 55.5 Å². The van der Waals surface area contributed by atoms with E-state index in [2.05, 4.69) is 11.9 Å². The Morgan fingerprint density at radius 2 is 2.00 bits per heavy atom. The molecule has 2 aliphatic rings. The number of halogens is 1. The maximum atomic E-state index is 13.2. The van der Waals surface area contributed by atoms with Gasteiger partial charge in [-0.2, -0.15) is 4.98 Å². The Kier molecular flexibility index (Phi) is 6.04. The van der Waals surface area contributed by atoms with Crippen LogP contribution in [-0.4, -0.2) is 33.4 Å². The SMILES string of the molecule is CCCCN1CCC(n2c(SCc3ccc(F)cc3)nc(=O)c3c2CCC3)C1=O. The fourth-order valence-corrected chi connectivity index (χ4v) is 5.24. The summed E-state index contributed by atoms with van der Waals surface area (Å²) in [7, 11) is 0. The summed E-state index contributed by atoms with van der Waals surface area (Å²) < 4.78 is 15.2. The van der Waals surface area contributed by atoms with Crippen molar-refractivity contribution in [2.24, 2.45) is 0 Å². The highest BCUT2D eigenvalue weighted by Crippen LogP contribution is 2.33. The maximum Gasteiger partial charge on any atom is 0.277 e. The van der Waals surface area contributed by atoms with Gasteiger partial charge < -0.3 is 9.47 Å². The molecule has 0 N–H and O–H groups in total. The van der Waals surface area contributed by atoms with Gasteiger partial charge in [0.2, 0.25) is 5.91 Å². The first-order valence-corrected chi connectivity index (χ1v) is 11.4. The second kappa shape index (κ2) is 8.69. The maximum absolute atomic E-state index is 13.2. The Morgan fingerprint density at radius 3 is 2.76 bits per heavy atom. The van der Waals surface area contributed by atoms with Crippen LogP contribution in [0.2, 0.25) is 0 Å². The van der Waals surface area contributed by atoms with Crippen molar-refractivity contribution in [1.29, 1.82) is 0 Å². The van der Waals surface area contributed by atoms with Crippen LogP contribution in [0, 0.1) is 5.82 Å². The van der Waals surface area contributed by atoms with Gasteiger partial charge in [0.25, 0.3) is 5.56 Å². The number of thioether (sulfide) groups is 1. The zero-order valence-electron chi connectivity index (χ0n) is 16.7. The summed E-state index contributed by atoms with van der Waals surface area (Å²) in [5.74, 6) is 0.447. The summed E-state index contributed by atoms with van der Waals surface area (Å²) in [5.41, 5.74) is 2.56. The van der Waals surface area contributed by atoms with Gasteiger partial charge in [-0.1, -0.05) is 37.2 Å². The lowest BCUT2D eigenvalue weighted by molar-refractivity contribution is -0.130. The molecule has 7 heteroatoms. The van der Waals surface area contributed by atoms with Crippen LogP contribution in [0.15, 0.2) is 34.2 Å². The Balaban J connectivity index is 1.65. The molecule has 29 heavy (non-hydrogen) atoms. The predicted octanol–water partition coefficient (Wildman–Crippen LogP) is 3.74. The molecule has 0 saturated carbocycles. The van der Waals surface area contributed by atoms with E-state index in [1.165, 1.54) is 23.9 Å². The first kappa shape index (κ1) is 20.1. The van der Waals surface area contributed by atoms with Gasteiger partial charge in [-0.05, 0) is 49.8 Å². The summed E-state index contributed by atoms with van der Waals surface area (Å²) in [4.78, 5) is 32.0. The number of likely N-dealkylation sites (tertiary alicyclic amines) is 1. The van der Waals surface area contributed by atoms with Crippen LogP contribution in [0.4, 0.5) is 4.39 Å². The van der Waals surface area contributed by atoms with Crippen molar-refractivity contribution in [2.75, 3.05) is 13.1 Å². The smallest absolute Gasteiger partial charge is 0.277 e. The second-order valence-electron chi connectivity index (χ2n) is 7.75. The average molecular weight is 416 g/mol. The van der Waals surface area contributed by atoms with Crippen molar-refractivity contribution in [2.45, 2.75) is 62.4 Å². The number of carbonyl (C=O) groups is 1. The highest BCUT2D eigenvalue weighted by atomic mass is 32.2. The van der Waals surface area contributed by atoms with E-state index < -0.39 is 0 Å². The minimum Gasteiger partial charge on any atom is -0.341 e. The number of fused-ring (bicyclic) bond motifs is 1. The van der Waals surface area contributed by atoms with E-state index in [9.17, 15) is 14.0 Å². The van der Waals surface area contributed by atoms with Gasteiger partial charge in [0, 0.05) is 30.1 Å². The number of nitrogens with zero attached hydrogens (tertiary/aromatic N) is 3. The highest BCUT2D eigenvalue weighted by Gasteiger charge is 2.36. The molecule has 0 radical (unpaired) electrons. The summed E-state index contributed by atoms with van der Waals surface area (Å²) >= 11 is 1.45. The van der Waals surface area contributed by atoms with Gasteiger partial charge in [-0.25, -0.2) is 4.39 Å². The lowest BCUT2D eigenvalue weighted by Crippen LogP contribution is -2.32. The Bertz CT molecular complexity index is 958. The zero-order chi connectivity index (χ0) is 20.4. The lowest BCUT2D eigenvalue weighted by atomic mass is 10.2. The average Bonchev–Trinajstić information content (AvgIpc) is 3.34. The van der Waals surface area contributed by atoms with Crippen LogP contribution in [-0.2, 0) is 23.4 Å². The third-order valence-electron chi connectivity index (χ3n) is 5.78. The largest absolute Gasteiger partial charge is 0.341 e. The number of benzene rings is 1. The molecule has 1 aliphatic heterocycles. The van der Waals surface area contributed by atoms with E-state index >= 15 is 0 Å².